The lowest BCUT2D eigenvalue weighted by Gasteiger charge is -2.59. The van der Waals surface area contributed by atoms with Gasteiger partial charge in [-0.05, 0) is 56.8 Å². The highest BCUT2D eigenvalue weighted by Crippen LogP contribution is 2.62. The smallest absolute Gasteiger partial charge is 0.415 e. The Morgan fingerprint density at radius 1 is 1.08 bits per heavy atom. The number of carbonyl (C=O) groups is 4. The van der Waals surface area contributed by atoms with Crippen molar-refractivity contribution in [1.82, 2.24) is 0 Å². The fourth-order valence-electron chi connectivity index (χ4n) is 8.83. The summed E-state index contributed by atoms with van der Waals surface area (Å²) in [6.45, 7) is -0.582. The first kappa shape index (κ1) is 27.1. The molecule has 0 aromatic carbocycles. The van der Waals surface area contributed by atoms with Crippen LogP contribution < -0.4 is 0 Å². The molecule has 15 heteroatoms. The molecule has 1 saturated heterocycles. The van der Waals surface area contributed by atoms with Gasteiger partial charge in [0.15, 0.2) is 6.61 Å². The van der Waals surface area contributed by atoms with Gasteiger partial charge in [0.1, 0.15) is 24.3 Å². The van der Waals surface area contributed by atoms with Gasteiger partial charge >= 0.3 is 29.1 Å². The van der Waals surface area contributed by atoms with E-state index in [2.05, 4.69) is 9.37 Å². The second-order valence-electron chi connectivity index (χ2n) is 12.1. The second-order valence-corrected chi connectivity index (χ2v) is 12.9. The zero-order valence-electron chi connectivity index (χ0n) is 20.6. The molecule has 1 aliphatic heterocycles. The summed E-state index contributed by atoms with van der Waals surface area (Å²) in [4.78, 5) is 49.9. The van der Waals surface area contributed by atoms with E-state index in [-0.39, 0.29) is 18.4 Å². The highest BCUT2D eigenvalue weighted by molar-refractivity contribution is 7.96. The van der Waals surface area contributed by atoms with Gasteiger partial charge in [-0.25, -0.2) is 14.8 Å². The van der Waals surface area contributed by atoms with Crippen LogP contribution in [-0.2, 0) is 47.5 Å². The molecule has 7 aliphatic rings. The fourth-order valence-corrected chi connectivity index (χ4v) is 9.06. The average Bonchev–Trinajstić information content (AvgIpc) is 3.47. The molecule has 0 aromatic rings. The standard InChI is InChI=1S/C24H28F2O12S/c25-24(26,39-38-37-32)21(30)36-18-12-2-13-16(20(29)35-17(13)18)15(12)19(28)33-7-14(27)34-9-22-3-10-1-11(4-22)6-23(31,5-10)8-22/h10-13,15-18,31-32H,1-9H2. The third-order valence-corrected chi connectivity index (χ3v) is 10.00. The van der Waals surface area contributed by atoms with Crippen molar-refractivity contribution in [2.45, 2.75) is 68.0 Å². The monoisotopic (exact) mass is 578 g/mol. The van der Waals surface area contributed by atoms with Gasteiger partial charge in [0.05, 0.1) is 24.0 Å². The first-order valence-corrected chi connectivity index (χ1v) is 13.7. The van der Waals surface area contributed by atoms with Crippen molar-refractivity contribution in [2.75, 3.05) is 13.2 Å². The van der Waals surface area contributed by atoms with Crippen LogP contribution in [0.2, 0.25) is 0 Å². The lowest BCUT2D eigenvalue weighted by molar-refractivity contribution is -0.433. The van der Waals surface area contributed by atoms with Crippen molar-refractivity contribution in [3.8, 4) is 0 Å². The van der Waals surface area contributed by atoms with Crippen molar-refractivity contribution in [3.63, 3.8) is 0 Å². The number of fused-ring (bicyclic) bond motifs is 1. The number of hydrogen-bond donors (Lipinski definition) is 2. The summed E-state index contributed by atoms with van der Waals surface area (Å²) in [5.74, 6) is -7.04. The van der Waals surface area contributed by atoms with E-state index in [9.17, 15) is 33.1 Å². The zero-order chi connectivity index (χ0) is 27.7. The van der Waals surface area contributed by atoms with Gasteiger partial charge in [-0.15, -0.1) is 4.33 Å². The lowest BCUT2D eigenvalue weighted by Crippen LogP contribution is -2.57. The number of halogens is 2. The molecule has 7 fully saturated rings. The number of rotatable bonds is 10. The third-order valence-electron chi connectivity index (χ3n) is 9.49. The highest BCUT2D eigenvalue weighted by atomic mass is 32.2. The van der Waals surface area contributed by atoms with E-state index in [0.717, 1.165) is 32.1 Å². The Morgan fingerprint density at radius 3 is 2.46 bits per heavy atom. The van der Waals surface area contributed by atoms with Crippen LogP contribution in [0.5, 0.6) is 0 Å². The van der Waals surface area contributed by atoms with E-state index >= 15 is 0 Å². The SMILES string of the molecule is O=C(COC(=O)C1C2CC3C(OC(=O)C31)C2OC(=O)C(F)(F)SOOO)OCC12CC3CC(CC(O)(C3)C1)C2. The summed E-state index contributed by atoms with van der Waals surface area (Å²) in [7, 11) is 0. The molecule has 39 heavy (non-hydrogen) atoms. The molecule has 0 amide bonds. The first-order chi connectivity index (χ1) is 18.4. The van der Waals surface area contributed by atoms with E-state index < -0.39 is 89.3 Å². The average molecular weight is 579 g/mol. The molecule has 8 atom stereocenters. The van der Waals surface area contributed by atoms with Gasteiger partial charge in [-0.2, -0.15) is 8.78 Å². The van der Waals surface area contributed by atoms with Crippen LogP contribution in [-0.4, -0.2) is 70.5 Å². The maximum absolute atomic E-state index is 13.9. The molecule has 2 N–H and O–H groups in total. The van der Waals surface area contributed by atoms with E-state index in [4.69, 9.17) is 24.2 Å². The molecule has 6 saturated carbocycles. The molecule has 6 bridgehead atoms. The Kier molecular flexibility index (Phi) is 6.61. The molecule has 1 heterocycles. The number of esters is 4. The molecule has 216 valence electrons. The van der Waals surface area contributed by atoms with E-state index in [1.165, 1.54) is 0 Å². The molecule has 0 aromatic heterocycles. The number of carbonyl (C=O) groups excluding carboxylic acids is 4. The van der Waals surface area contributed by atoms with Crippen LogP contribution in [0.4, 0.5) is 8.78 Å². The van der Waals surface area contributed by atoms with Crippen molar-refractivity contribution < 1.29 is 66.6 Å². The lowest BCUT2D eigenvalue weighted by atomic mass is 9.48. The fraction of sp³-hybridized carbons (Fsp3) is 0.833. The summed E-state index contributed by atoms with van der Waals surface area (Å²) in [5.41, 5.74) is -0.988. The van der Waals surface area contributed by atoms with Crippen molar-refractivity contribution in [2.24, 2.45) is 40.9 Å². The highest BCUT2D eigenvalue weighted by Gasteiger charge is 2.70. The van der Waals surface area contributed by atoms with Crippen LogP contribution in [0.15, 0.2) is 0 Å². The van der Waals surface area contributed by atoms with Gasteiger partial charge < -0.3 is 24.1 Å². The van der Waals surface area contributed by atoms with Crippen LogP contribution in [0, 0.1) is 40.9 Å². The van der Waals surface area contributed by atoms with Crippen LogP contribution in [0.25, 0.3) is 0 Å². The molecule has 8 unspecified atom stereocenters. The Balaban J connectivity index is 1.05. The van der Waals surface area contributed by atoms with Gasteiger partial charge in [0.25, 0.3) is 0 Å². The molecule has 6 aliphatic carbocycles. The summed E-state index contributed by atoms with van der Waals surface area (Å²) in [6, 6.07) is 0. The number of aliphatic hydroxyl groups is 1. The van der Waals surface area contributed by atoms with E-state index in [1.54, 1.807) is 0 Å². The van der Waals surface area contributed by atoms with E-state index in [0.29, 0.717) is 18.3 Å². The largest absolute Gasteiger partial charge is 0.463 e. The minimum Gasteiger partial charge on any atom is -0.463 e. The molecule has 7 rings (SSSR count). The molecular formula is C24H28F2O12S. The normalized spacial score (nSPS) is 42.9. The third kappa shape index (κ3) is 4.69. The summed E-state index contributed by atoms with van der Waals surface area (Å²) in [5, 5.41) is 17.8. The molecule has 12 nitrogen and oxygen atoms in total. The summed E-state index contributed by atoms with van der Waals surface area (Å²) in [6.07, 6.45) is 2.86. The number of alkyl halides is 2. The maximum Gasteiger partial charge on any atom is 0.415 e. The van der Waals surface area contributed by atoms with Gasteiger partial charge in [-0.3, -0.25) is 9.59 Å². The Bertz CT molecular complexity index is 1060. The number of hydrogen-bond acceptors (Lipinski definition) is 13. The first-order valence-electron chi connectivity index (χ1n) is 12.9. The maximum atomic E-state index is 13.9. The minimum atomic E-state index is -4.27. The van der Waals surface area contributed by atoms with Gasteiger partial charge in [0, 0.05) is 17.3 Å². The van der Waals surface area contributed by atoms with Crippen LogP contribution >= 0.6 is 12.0 Å². The number of ether oxygens (including phenoxy) is 4. The zero-order valence-corrected chi connectivity index (χ0v) is 21.4. The van der Waals surface area contributed by atoms with Crippen molar-refractivity contribution in [3.05, 3.63) is 0 Å². The Morgan fingerprint density at radius 2 is 1.79 bits per heavy atom. The van der Waals surface area contributed by atoms with E-state index in [1.807, 2.05) is 0 Å². The Labute approximate surface area is 225 Å². The van der Waals surface area contributed by atoms with Crippen LogP contribution in [0.1, 0.15) is 44.9 Å². The molecular weight excluding hydrogens is 550 g/mol. The Hall–Kier alpha value is -2.07. The summed E-state index contributed by atoms with van der Waals surface area (Å²) >= 11 is -0.794. The summed E-state index contributed by atoms with van der Waals surface area (Å²) < 4.78 is 52.3. The predicted molar refractivity (Wildman–Crippen MR) is 120 cm³/mol. The second kappa shape index (κ2) is 9.50. The molecule has 0 radical (unpaired) electrons. The van der Waals surface area contributed by atoms with Gasteiger partial charge in [0.2, 0.25) is 0 Å². The minimum absolute atomic E-state index is 0.124. The topological polar surface area (TPSA) is 164 Å². The molecule has 0 spiro atoms. The van der Waals surface area contributed by atoms with Crippen molar-refractivity contribution >= 4 is 35.9 Å². The van der Waals surface area contributed by atoms with Gasteiger partial charge in [-0.1, -0.05) is 5.04 Å². The van der Waals surface area contributed by atoms with Crippen LogP contribution in [0.3, 0.4) is 0 Å². The van der Waals surface area contributed by atoms with Crippen molar-refractivity contribution in [1.29, 1.82) is 0 Å². The quantitative estimate of drug-likeness (QED) is 0.127. The predicted octanol–water partition coefficient (Wildman–Crippen LogP) is 1.79.